The standard InChI is InChI=1S/C17H14ClNO4/c18-12-7-10(8-15-16(12)23-9-22-15)17(20)19-13-5-6-21-14-4-2-1-3-11(13)14/h1-4,7-8,13H,5-6,9H2,(H,19,20)/t13-/m0/s1. The van der Waals surface area contributed by atoms with Crippen LogP contribution in [0.5, 0.6) is 17.2 Å². The van der Waals surface area contributed by atoms with Gasteiger partial charge in [0, 0.05) is 17.5 Å². The first-order valence-electron chi connectivity index (χ1n) is 7.34. The normalized spacial score (nSPS) is 18.0. The molecule has 2 aromatic rings. The second kappa shape index (κ2) is 5.66. The highest BCUT2D eigenvalue weighted by Crippen LogP contribution is 2.40. The average Bonchev–Trinajstić information content (AvgIpc) is 3.04. The van der Waals surface area contributed by atoms with Gasteiger partial charge in [0.2, 0.25) is 6.79 Å². The van der Waals surface area contributed by atoms with Crippen molar-refractivity contribution in [2.75, 3.05) is 13.4 Å². The van der Waals surface area contributed by atoms with E-state index in [4.69, 9.17) is 25.8 Å². The Balaban J connectivity index is 1.59. The van der Waals surface area contributed by atoms with Gasteiger partial charge in [0.25, 0.3) is 5.91 Å². The number of amides is 1. The van der Waals surface area contributed by atoms with Crippen LogP contribution in [0, 0.1) is 0 Å². The van der Waals surface area contributed by atoms with Crippen molar-refractivity contribution in [3.63, 3.8) is 0 Å². The van der Waals surface area contributed by atoms with Crippen molar-refractivity contribution < 1.29 is 19.0 Å². The number of fused-ring (bicyclic) bond motifs is 2. The maximum Gasteiger partial charge on any atom is 0.251 e. The molecular weight excluding hydrogens is 318 g/mol. The molecule has 118 valence electrons. The Morgan fingerprint density at radius 2 is 2.00 bits per heavy atom. The number of carbonyl (C=O) groups is 1. The molecule has 23 heavy (non-hydrogen) atoms. The Hall–Kier alpha value is -2.40. The summed E-state index contributed by atoms with van der Waals surface area (Å²) in [5, 5.41) is 3.41. The van der Waals surface area contributed by atoms with Gasteiger partial charge < -0.3 is 19.5 Å². The van der Waals surface area contributed by atoms with Crippen LogP contribution in [0.25, 0.3) is 0 Å². The Morgan fingerprint density at radius 1 is 1.13 bits per heavy atom. The zero-order chi connectivity index (χ0) is 15.8. The minimum atomic E-state index is -0.202. The molecule has 1 amide bonds. The number of hydrogen-bond donors (Lipinski definition) is 1. The molecule has 0 radical (unpaired) electrons. The van der Waals surface area contributed by atoms with E-state index >= 15 is 0 Å². The van der Waals surface area contributed by atoms with Crippen LogP contribution in [-0.2, 0) is 0 Å². The van der Waals surface area contributed by atoms with Crippen molar-refractivity contribution in [3.05, 3.63) is 52.5 Å². The quantitative estimate of drug-likeness (QED) is 0.917. The van der Waals surface area contributed by atoms with Gasteiger partial charge in [-0.3, -0.25) is 4.79 Å². The van der Waals surface area contributed by atoms with Crippen molar-refractivity contribution in [2.24, 2.45) is 0 Å². The highest BCUT2D eigenvalue weighted by atomic mass is 35.5. The number of ether oxygens (including phenoxy) is 3. The van der Waals surface area contributed by atoms with Crippen LogP contribution in [0.2, 0.25) is 5.02 Å². The lowest BCUT2D eigenvalue weighted by atomic mass is 10.00. The summed E-state index contributed by atoms with van der Waals surface area (Å²) in [5.41, 5.74) is 1.43. The molecule has 1 N–H and O–H groups in total. The molecule has 0 aromatic heterocycles. The highest BCUT2D eigenvalue weighted by Gasteiger charge is 2.25. The number of nitrogens with one attached hydrogen (secondary N) is 1. The third-order valence-electron chi connectivity index (χ3n) is 3.95. The summed E-state index contributed by atoms with van der Waals surface area (Å²) in [4.78, 5) is 12.6. The predicted octanol–water partition coefficient (Wildman–Crippen LogP) is 3.32. The van der Waals surface area contributed by atoms with E-state index in [-0.39, 0.29) is 18.7 Å². The maximum atomic E-state index is 12.6. The Kier molecular flexibility index (Phi) is 3.50. The molecule has 0 spiro atoms. The topological polar surface area (TPSA) is 56.8 Å². The molecule has 0 unspecified atom stereocenters. The molecule has 4 rings (SSSR count). The number of benzene rings is 2. The second-order valence-corrected chi connectivity index (χ2v) is 5.80. The smallest absolute Gasteiger partial charge is 0.251 e. The van der Waals surface area contributed by atoms with Gasteiger partial charge in [0.05, 0.1) is 17.7 Å². The van der Waals surface area contributed by atoms with E-state index in [9.17, 15) is 4.79 Å². The lowest BCUT2D eigenvalue weighted by Gasteiger charge is -2.26. The Morgan fingerprint density at radius 3 is 2.91 bits per heavy atom. The molecule has 2 heterocycles. The summed E-state index contributed by atoms with van der Waals surface area (Å²) >= 11 is 6.14. The summed E-state index contributed by atoms with van der Waals surface area (Å²) in [6, 6.07) is 10.9. The van der Waals surface area contributed by atoms with Crippen molar-refractivity contribution >= 4 is 17.5 Å². The van der Waals surface area contributed by atoms with Crippen LogP contribution in [0.3, 0.4) is 0 Å². The fraction of sp³-hybridized carbons (Fsp3) is 0.235. The van der Waals surface area contributed by atoms with Crippen LogP contribution in [0.4, 0.5) is 0 Å². The van der Waals surface area contributed by atoms with Gasteiger partial charge in [-0.2, -0.15) is 0 Å². The van der Waals surface area contributed by atoms with Gasteiger partial charge in [-0.15, -0.1) is 0 Å². The zero-order valence-electron chi connectivity index (χ0n) is 12.2. The van der Waals surface area contributed by atoms with Gasteiger partial charge in [-0.05, 0) is 18.2 Å². The summed E-state index contributed by atoms with van der Waals surface area (Å²) in [7, 11) is 0. The molecule has 2 aliphatic heterocycles. The maximum absolute atomic E-state index is 12.6. The van der Waals surface area contributed by atoms with Crippen molar-refractivity contribution in [1.82, 2.24) is 5.32 Å². The minimum absolute atomic E-state index is 0.0864. The largest absolute Gasteiger partial charge is 0.493 e. The fourth-order valence-corrected chi connectivity index (χ4v) is 3.10. The molecule has 2 aliphatic rings. The first-order chi connectivity index (χ1) is 11.2. The summed E-state index contributed by atoms with van der Waals surface area (Å²) < 4.78 is 16.2. The van der Waals surface area contributed by atoms with Crippen molar-refractivity contribution in [1.29, 1.82) is 0 Å². The molecular formula is C17H14ClNO4. The molecule has 5 nitrogen and oxygen atoms in total. The number of halogens is 1. The van der Waals surface area contributed by atoms with E-state index in [0.717, 1.165) is 17.7 Å². The second-order valence-electron chi connectivity index (χ2n) is 5.39. The van der Waals surface area contributed by atoms with Crippen LogP contribution in [0.1, 0.15) is 28.4 Å². The van der Waals surface area contributed by atoms with E-state index in [1.54, 1.807) is 12.1 Å². The molecule has 2 aromatic carbocycles. The van der Waals surface area contributed by atoms with E-state index in [1.807, 2.05) is 24.3 Å². The Bertz CT molecular complexity index is 777. The van der Waals surface area contributed by atoms with Crippen LogP contribution in [0.15, 0.2) is 36.4 Å². The van der Waals surface area contributed by atoms with Gasteiger partial charge in [0.1, 0.15) is 5.75 Å². The summed E-state index contributed by atoms with van der Waals surface area (Å²) in [5.74, 6) is 1.59. The molecule has 0 fully saturated rings. The number of para-hydroxylation sites is 1. The number of hydrogen-bond acceptors (Lipinski definition) is 4. The first kappa shape index (κ1) is 14.2. The third kappa shape index (κ3) is 2.57. The molecule has 0 bridgehead atoms. The van der Waals surface area contributed by atoms with E-state index in [2.05, 4.69) is 5.32 Å². The monoisotopic (exact) mass is 331 g/mol. The van der Waals surface area contributed by atoms with Crippen molar-refractivity contribution in [2.45, 2.75) is 12.5 Å². The molecule has 0 saturated heterocycles. The van der Waals surface area contributed by atoms with E-state index in [0.29, 0.717) is 28.7 Å². The zero-order valence-corrected chi connectivity index (χ0v) is 12.9. The predicted molar refractivity (Wildman–Crippen MR) is 84.3 cm³/mol. The van der Waals surface area contributed by atoms with Gasteiger partial charge in [-0.1, -0.05) is 29.8 Å². The lowest BCUT2D eigenvalue weighted by Crippen LogP contribution is -2.32. The third-order valence-corrected chi connectivity index (χ3v) is 4.23. The van der Waals surface area contributed by atoms with Gasteiger partial charge in [0.15, 0.2) is 11.5 Å². The number of rotatable bonds is 2. The highest BCUT2D eigenvalue weighted by molar-refractivity contribution is 6.32. The fourth-order valence-electron chi connectivity index (χ4n) is 2.83. The molecule has 1 atom stereocenters. The average molecular weight is 332 g/mol. The molecule has 0 aliphatic carbocycles. The SMILES string of the molecule is O=C(N[C@H]1CCOc2ccccc21)c1cc(Cl)c2c(c1)OCO2. The summed E-state index contributed by atoms with van der Waals surface area (Å²) in [6.07, 6.45) is 0.723. The van der Waals surface area contributed by atoms with E-state index in [1.165, 1.54) is 0 Å². The number of carbonyl (C=O) groups excluding carboxylic acids is 1. The Labute approximate surface area is 138 Å². The molecule has 0 saturated carbocycles. The molecule has 6 heteroatoms. The van der Waals surface area contributed by atoms with Gasteiger partial charge in [-0.25, -0.2) is 0 Å². The summed E-state index contributed by atoms with van der Waals surface area (Å²) in [6.45, 7) is 0.692. The first-order valence-corrected chi connectivity index (χ1v) is 7.72. The van der Waals surface area contributed by atoms with Crippen LogP contribution in [-0.4, -0.2) is 19.3 Å². The lowest BCUT2D eigenvalue weighted by molar-refractivity contribution is 0.0924. The minimum Gasteiger partial charge on any atom is -0.493 e. The van der Waals surface area contributed by atoms with E-state index < -0.39 is 0 Å². The van der Waals surface area contributed by atoms with Crippen molar-refractivity contribution in [3.8, 4) is 17.2 Å². The van der Waals surface area contributed by atoms with Crippen LogP contribution < -0.4 is 19.5 Å². The van der Waals surface area contributed by atoms with Gasteiger partial charge >= 0.3 is 0 Å². The van der Waals surface area contributed by atoms with Crippen LogP contribution >= 0.6 is 11.6 Å².